The monoisotopic (exact) mass is 249 g/mol. The van der Waals surface area contributed by atoms with Crippen molar-refractivity contribution in [1.29, 1.82) is 0 Å². The second-order valence-corrected chi connectivity index (χ2v) is 4.39. The number of hydrogen-bond acceptors (Lipinski definition) is 4. The van der Waals surface area contributed by atoms with E-state index >= 15 is 0 Å². The molecule has 0 aliphatic carbocycles. The predicted octanol–water partition coefficient (Wildman–Crippen LogP) is 1.60. The summed E-state index contributed by atoms with van der Waals surface area (Å²) in [5, 5.41) is 0. The Morgan fingerprint density at radius 1 is 1.28 bits per heavy atom. The van der Waals surface area contributed by atoms with Crippen molar-refractivity contribution in [3.05, 3.63) is 29.8 Å². The third-order valence-corrected chi connectivity index (χ3v) is 3.09. The number of carbonyl (C=O) groups excluding carboxylic acids is 1. The largest absolute Gasteiger partial charge is 0.497 e. The van der Waals surface area contributed by atoms with Crippen LogP contribution in [0.2, 0.25) is 0 Å². The topological polar surface area (TPSA) is 38.8 Å². The highest BCUT2D eigenvalue weighted by atomic mass is 16.5. The van der Waals surface area contributed by atoms with Crippen molar-refractivity contribution in [2.45, 2.75) is 6.42 Å². The molecule has 1 heterocycles. The van der Waals surface area contributed by atoms with E-state index in [2.05, 4.69) is 4.90 Å². The van der Waals surface area contributed by atoms with Crippen molar-refractivity contribution in [2.24, 2.45) is 0 Å². The number of ether oxygens (including phenoxy) is 2. The lowest BCUT2D eigenvalue weighted by molar-refractivity contribution is 0.0922. The van der Waals surface area contributed by atoms with Crippen molar-refractivity contribution >= 4 is 5.78 Å². The van der Waals surface area contributed by atoms with Crippen LogP contribution in [0.5, 0.6) is 5.75 Å². The fourth-order valence-corrected chi connectivity index (χ4v) is 2.03. The smallest absolute Gasteiger partial charge is 0.176 e. The lowest BCUT2D eigenvalue weighted by atomic mass is 10.1. The summed E-state index contributed by atoms with van der Waals surface area (Å²) >= 11 is 0. The van der Waals surface area contributed by atoms with E-state index in [1.165, 1.54) is 0 Å². The van der Waals surface area contributed by atoms with E-state index in [1.54, 1.807) is 7.11 Å². The van der Waals surface area contributed by atoms with Gasteiger partial charge in [0, 0.05) is 25.3 Å². The minimum atomic E-state index is 0.152. The molecular formula is C14H19NO3. The van der Waals surface area contributed by atoms with E-state index < -0.39 is 0 Å². The van der Waals surface area contributed by atoms with Gasteiger partial charge in [0.15, 0.2) is 5.78 Å². The Morgan fingerprint density at radius 2 is 2.06 bits per heavy atom. The van der Waals surface area contributed by atoms with E-state index in [-0.39, 0.29) is 5.78 Å². The van der Waals surface area contributed by atoms with Crippen LogP contribution in [-0.4, -0.2) is 50.6 Å². The molecule has 1 aliphatic rings. The number of ketones is 1. The summed E-state index contributed by atoms with van der Waals surface area (Å²) in [5.74, 6) is 0.925. The first-order valence-electron chi connectivity index (χ1n) is 6.27. The molecule has 1 aliphatic heterocycles. The van der Waals surface area contributed by atoms with Gasteiger partial charge in [-0.2, -0.15) is 0 Å². The van der Waals surface area contributed by atoms with Gasteiger partial charge in [0.05, 0.1) is 20.3 Å². The number of hydrogen-bond donors (Lipinski definition) is 0. The van der Waals surface area contributed by atoms with E-state index in [4.69, 9.17) is 9.47 Å². The second-order valence-electron chi connectivity index (χ2n) is 4.39. The lowest BCUT2D eigenvalue weighted by Crippen LogP contribution is -2.32. The first-order valence-corrected chi connectivity index (χ1v) is 6.27. The lowest BCUT2D eigenvalue weighted by Gasteiger charge is -2.17. The Hall–Kier alpha value is -1.39. The maximum Gasteiger partial charge on any atom is 0.176 e. The summed E-state index contributed by atoms with van der Waals surface area (Å²) < 4.78 is 10.4. The molecule has 0 aromatic heterocycles. The number of benzene rings is 1. The molecule has 0 N–H and O–H groups in total. The van der Waals surface area contributed by atoms with E-state index in [1.807, 2.05) is 24.3 Å². The molecule has 1 fully saturated rings. The van der Waals surface area contributed by atoms with Crippen molar-refractivity contribution in [2.75, 3.05) is 40.0 Å². The quantitative estimate of drug-likeness (QED) is 0.760. The highest BCUT2D eigenvalue weighted by Gasteiger charge is 2.14. The van der Waals surface area contributed by atoms with Gasteiger partial charge in [-0.1, -0.05) is 0 Å². The van der Waals surface area contributed by atoms with Crippen LogP contribution in [0.15, 0.2) is 24.3 Å². The van der Waals surface area contributed by atoms with Crippen molar-refractivity contribution in [3.8, 4) is 5.75 Å². The molecule has 1 saturated heterocycles. The minimum Gasteiger partial charge on any atom is -0.497 e. The minimum absolute atomic E-state index is 0.152. The molecule has 0 atom stereocenters. The molecule has 1 aromatic carbocycles. The molecule has 4 heteroatoms. The predicted molar refractivity (Wildman–Crippen MR) is 69.2 cm³/mol. The highest BCUT2D eigenvalue weighted by molar-refractivity contribution is 5.97. The van der Waals surface area contributed by atoms with Gasteiger partial charge in [0.2, 0.25) is 0 Å². The summed E-state index contributed by atoms with van der Waals surface area (Å²) in [7, 11) is 1.62. The average Bonchev–Trinajstić information content (AvgIpc) is 2.67. The Bertz CT molecular complexity index is 381. The highest BCUT2D eigenvalue weighted by Crippen LogP contribution is 2.12. The molecule has 4 nitrogen and oxygen atoms in total. The van der Waals surface area contributed by atoms with Gasteiger partial charge < -0.3 is 9.47 Å². The number of Topliss-reactive ketones (excluding diaryl/α,β-unsaturated/α-hetero) is 1. The molecule has 1 aromatic rings. The summed E-state index contributed by atoms with van der Waals surface area (Å²) in [4.78, 5) is 14.3. The van der Waals surface area contributed by atoms with Crippen LogP contribution < -0.4 is 4.74 Å². The molecule has 0 spiro atoms. The standard InChI is InChI=1S/C14H19NO3/c1-17-13-5-3-12(4-6-13)14(16)11-15-7-2-9-18-10-8-15/h3-6H,2,7-11H2,1H3. The third kappa shape index (κ3) is 3.55. The first kappa shape index (κ1) is 13.1. The van der Waals surface area contributed by atoms with Gasteiger partial charge in [-0.3, -0.25) is 9.69 Å². The fourth-order valence-electron chi connectivity index (χ4n) is 2.03. The summed E-state index contributed by atoms with van der Waals surface area (Å²) in [6, 6.07) is 7.27. The number of carbonyl (C=O) groups is 1. The van der Waals surface area contributed by atoms with Crippen molar-refractivity contribution < 1.29 is 14.3 Å². The Labute approximate surface area is 107 Å². The van der Waals surface area contributed by atoms with Crippen LogP contribution in [0.25, 0.3) is 0 Å². The summed E-state index contributed by atoms with van der Waals surface area (Å²) in [6.07, 6.45) is 0.996. The van der Waals surface area contributed by atoms with Gasteiger partial charge in [0.1, 0.15) is 5.75 Å². The molecule has 0 radical (unpaired) electrons. The zero-order chi connectivity index (χ0) is 12.8. The van der Waals surface area contributed by atoms with Crippen LogP contribution >= 0.6 is 0 Å². The van der Waals surface area contributed by atoms with Crippen LogP contribution in [0, 0.1) is 0 Å². The van der Waals surface area contributed by atoms with Gasteiger partial charge >= 0.3 is 0 Å². The van der Waals surface area contributed by atoms with Crippen LogP contribution in [0.3, 0.4) is 0 Å². The van der Waals surface area contributed by atoms with Crippen molar-refractivity contribution in [3.63, 3.8) is 0 Å². The number of rotatable bonds is 4. The number of nitrogens with zero attached hydrogens (tertiary/aromatic N) is 1. The molecular weight excluding hydrogens is 230 g/mol. The van der Waals surface area contributed by atoms with Gasteiger partial charge in [0.25, 0.3) is 0 Å². The Morgan fingerprint density at radius 3 is 2.78 bits per heavy atom. The third-order valence-electron chi connectivity index (χ3n) is 3.09. The molecule has 0 unspecified atom stereocenters. The first-order chi connectivity index (χ1) is 8.79. The van der Waals surface area contributed by atoms with E-state index in [0.29, 0.717) is 6.54 Å². The molecule has 18 heavy (non-hydrogen) atoms. The summed E-state index contributed by atoms with van der Waals surface area (Å²) in [5.41, 5.74) is 0.737. The Kier molecular flexibility index (Phi) is 4.73. The fraction of sp³-hybridized carbons (Fsp3) is 0.500. The Balaban J connectivity index is 1.93. The van der Waals surface area contributed by atoms with Crippen LogP contribution in [-0.2, 0) is 4.74 Å². The number of methoxy groups -OCH3 is 1. The normalized spacial score (nSPS) is 17.2. The maximum absolute atomic E-state index is 12.1. The molecule has 0 amide bonds. The molecule has 98 valence electrons. The van der Waals surface area contributed by atoms with Gasteiger partial charge in [-0.05, 0) is 30.7 Å². The SMILES string of the molecule is COc1ccc(C(=O)CN2CCCOCC2)cc1. The van der Waals surface area contributed by atoms with Gasteiger partial charge in [-0.25, -0.2) is 0 Å². The molecule has 2 rings (SSSR count). The molecule has 0 bridgehead atoms. The zero-order valence-electron chi connectivity index (χ0n) is 10.7. The van der Waals surface area contributed by atoms with Crippen molar-refractivity contribution in [1.82, 2.24) is 4.90 Å². The second kappa shape index (κ2) is 6.52. The average molecular weight is 249 g/mol. The van der Waals surface area contributed by atoms with Gasteiger partial charge in [-0.15, -0.1) is 0 Å². The molecule has 0 saturated carbocycles. The van der Waals surface area contributed by atoms with Crippen LogP contribution in [0.4, 0.5) is 0 Å². The van der Waals surface area contributed by atoms with E-state index in [0.717, 1.165) is 44.0 Å². The maximum atomic E-state index is 12.1. The van der Waals surface area contributed by atoms with E-state index in [9.17, 15) is 4.79 Å². The summed E-state index contributed by atoms with van der Waals surface area (Å²) in [6.45, 7) is 3.75. The van der Waals surface area contributed by atoms with Crippen LogP contribution in [0.1, 0.15) is 16.8 Å². The zero-order valence-corrected chi connectivity index (χ0v) is 10.7.